The minimum absolute atomic E-state index is 0.0933. The number of esters is 1. The number of ether oxygens (including phenoxy) is 3. The Bertz CT molecular complexity index is 585. The number of epoxide rings is 1. The molecule has 3 rings (SSSR count). The molecule has 0 saturated carbocycles. The second-order valence-electron chi connectivity index (χ2n) is 5.86. The molecular formula is C14H19F2N3O5. The van der Waals surface area contributed by atoms with Gasteiger partial charge in [-0.25, -0.2) is 4.99 Å². The zero-order chi connectivity index (χ0) is 17.6. The molecule has 134 valence electrons. The molecule has 3 aliphatic heterocycles. The smallest absolute Gasteiger partial charge is 0.319 e. The predicted octanol–water partition coefficient (Wildman–Crippen LogP) is -0.0819. The van der Waals surface area contributed by atoms with E-state index >= 15 is 0 Å². The summed E-state index contributed by atoms with van der Waals surface area (Å²) in [5, 5.41) is 9.98. The number of nitrogens with two attached hydrogens (primary N) is 1. The summed E-state index contributed by atoms with van der Waals surface area (Å²) in [5.41, 5.74) is 5.57. The Hall–Kier alpha value is -1.78. The van der Waals surface area contributed by atoms with E-state index in [0.717, 1.165) is 4.90 Å². The highest BCUT2D eigenvalue weighted by Gasteiger charge is 2.65. The lowest BCUT2D eigenvalue weighted by molar-refractivity contribution is -0.169. The van der Waals surface area contributed by atoms with Gasteiger partial charge in [-0.2, -0.15) is 8.78 Å². The highest BCUT2D eigenvalue weighted by atomic mass is 19.3. The molecule has 8 nitrogen and oxygen atoms in total. The number of aliphatic imine (C=N–C) groups is 1. The van der Waals surface area contributed by atoms with Crippen LogP contribution in [-0.4, -0.2) is 64.7 Å². The van der Waals surface area contributed by atoms with E-state index < -0.39 is 48.9 Å². The highest BCUT2D eigenvalue weighted by molar-refractivity contribution is 5.91. The van der Waals surface area contributed by atoms with E-state index in [0.29, 0.717) is 0 Å². The number of hydrogen-bond donors (Lipinski definition) is 2. The number of hydrogen-bond acceptors (Lipinski definition) is 8. The summed E-state index contributed by atoms with van der Waals surface area (Å²) >= 11 is 0. The molecule has 0 aliphatic carbocycles. The van der Waals surface area contributed by atoms with Crippen molar-refractivity contribution in [3.8, 4) is 0 Å². The van der Waals surface area contributed by atoms with Gasteiger partial charge in [0.05, 0.1) is 0 Å². The van der Waals surface area contributed by atoms with Crippen LogP contribution in [0.1, 0.15) is 20.3 Å². The number of nitrogens with zero attached hydrogens (tertiary/aromatic N) is 2. The van der Waals surface area contributed by atoms with Gasteiger partial charge in [-0.1, -0.05) is 6.92 Å². The standard InChI is InChI=1S/C14H19F2N3O5/c1-3-8(20)22-6(2)9-10(21)14(15,16)13(23-9)19-5-4-7(17)18-11-12(19)24-11/h4-6,9-13,21H,3H2,1-2H3,(H2,17,18)/t6-,9+,10+,11?,12?,13+/m0/s1. The van der Waals surface area contributed by atoms with Gasteiger partial charge in [-0.05, 0) is 13.0 Å². The van der Waals surface area contributed by atoms with Crippen LogP contribution in [0.15, 0.2) is 17.3 Å². The molecule has 2 unspecified atom stereocenters. The lowest BCUT2D eigenvalue weighted by atomic mass is 10.1. The van der Waals surface area contributed by atoms with Crippen LogP contribution in [0.25, 0.3) is 0 Å². The maximum absolute atomic E-state index is 14.5. The molecule has 24 heavy (non-hydrogen) atoms. The number of aliphatic hydroxyl groups is 1. The van der Waals surface area contributed by atoms with Crippen LogP contribution >= 0.6 is 0 Å². The summed E-state index contributed by atoms with van der Waals surface area (Å²) in [7, 11) is 0. The normalized spacial score (nSPS) is 38.1. The molecule has 0 aromatic heterocycles. The van der Waals surface area contributed by atoms with Crippen LogP contribution in [-0.2, 0) is 19.0 Å². The van der Waals surface area contributed by atoms with E-state index in [2.05, 4.69) is 4.99 Å². The topological polar surface area (TPSA) is 110 Å². The van der Waals surface area contributed by atoms with E-state index in [1.807, 2.05) is 0 Å². The SMILES string of the molecule is CCC(=O)O[C@@H](C)[C@H]1O[C@@H](N2C=CC(N)=NC3OC32)C(F)(F)[C@@H]1O. The molecule has 3 heterocycles. The van der Waals surface area contributed by atoms with Gasteiger partial charge in [0, 0.05) is 12.6 Å². The number of carbonyl (C=O) groups excluding carboxylic acids is 1. The number of carbonyl (C=O) groups is 1. The minimum Gasteiger partial charge on any atom is -0.460 e. The summed E-state index contributed by atoms with van der Waals surface area (Å²) in [6.07, 6.45) is -4.95. The molecule has 0 bridgehead atoms. The first-order chi connectivity index (χ1) is 11.3. The van der Waals surface area contributed by atoms with Crippen molar-refractivity contribution in [1.29, 1.82) is 0 Å². The Balaban J connectivity index is 1.77. The summed E-state index contributed by atoms with van der Waals surface area (Å²) in [4.78, 5) is 16.4. The van der Waals surface area contributed by atoms with Crippen molar-refractivity contribution < 1.29 is 32.9 Å². The lowest BCUT2D eigenvalue weighted by Gasteiger charge is -2.29. The van der Waals surface area contributed by atoms with E-state index in [1.54, 1.807) is 6.92 Å². The summed E-state index contributed by atoms with van der Waals surface area (Å²) in [5.74, 6) is -4.02. The zero-order valence-corrected chi connectivity index (χ0v) is 13.1. The molecule has 0 spiro atoms. The van der Waals surface area contributed by atoms with E-state index in [9.17, 15) is 18.7 Å². The number of aliphatic hydroxyl groups excluding tert-OH is 1. The van der Waals surface area contributed by atoms with Crippen molar-refractivity contribution in [3.63, 3.8) is 0 Å². The second kappa shape index (κ2) is 5.94. The number of amidine groups is 1. The molecular weight excluding hydrogens is 328 g/mol. The first-order valence-electron chi connectivity index (χ1n) is 7.61. The first kappa shape index (κ1) is 17.1. The summed E-state index contributed by atoms with van der Waals surface area (Å²) in [6.45, 7) is 2.98. The fourth-order valence-corrected chi connectivity index (χ4v) is 2.73. The Morgan fingerprint density at radius 2 is 2.29 bits per heavy atom. The summed E-state index contributed by atoms with van der Waals surface area (Å²) < 4.78 is 44.6. The quantitative estimate of drug-likeness (QED) is 0.540. The maximum atomic E-state index is 14.5. The largest absolute Gasteiger partial charge is 0.460 e. The van der Waals surface area contributed by atoms with Crippen LogP contribution in [0.5, 0.6) is 0 Å². The molecule has 2 saturated heterocycles. The fourth-order valence-electron chi connectivity index (χ4n) is 2.73. The van der Waals surface area contributed by atoms with Gasteiger partial charge in [0.25, 0.3) is 0 Å². The van der Waals surface area contributed by atoms with Gasteiger partial charge in [-0.15, -0.1) is 0 Å². The van der Waals surface area contributed by atoms with Crippen molar-refractivity contribution in [3.05, 3.63) is 12.3 Å². The molecule has 0 amide bonds. The molecule has 3 N–H and O–H groups in total. The van der Waals surface area contributed by atoms with Gasteiger partial charge < -0.3 is 30.0 Å². The van der Waals surface area contributed by atoms with E-state index in [-0.39, 0.29) is 12.3 Å². The molecule has 0 radical (unpaired) electrons. The summed E-state index contributed by atoms with van der Waals surface area (Å²) in [6, 6.07) is 0. The third kappa shape index (κ3) is 2.85. The lowest BCUT2D eigenvalue weighted by Crippen LogP contribution is -2.49. The van der Waals surface area contributed by atoms with Crippen molar-refractivity contribution >= 4 is 11.8 Å². The Morgan fingerprint density at radius 3 is 2.96 bits per heavy atom. The number of alkyl halides is 2. The highest BCUT2D eigenvalue weighted by Crippen LogP contribution is 2.43. The molecule has 0 aromatic carbocycles. The van der Waals surface area contributed by atoms with Crippen molar-refractivity contribution in [2.45, 2.75) is 63.2 Å². The fraction of sp³-hybridized carbons (Fsp3) is 0.714. The third-order valence-corrected chi connectivity index (χ3v) is 4.09. The van der Waals surface area contributed by atoms with Crippen molar-refractivity contribution in [1.82, 2.24) is 4.90 Å². The Kier molecular flexibility index (Phi) is 4.22. The molecule has 3 aliphatic rings. The van der Waals surface area contributed by atoms with Crippen LogP contribution in [0, 0.1) is 0 Å². The maximum Gasteiger partial charge on any atom is 0.319 e. The number of rotatable bonds is 4. The van der Waals surface area contributed by atoms with Gasteiger partial charge in [0.15, 0.2) is 24.8 Å². The monoisotopic (exact) mass is 347 g/mol. The van der Waals surface area contributed by atoms with Gasteiger partial charge in [0.1, 0.15) is 18.0 Å². The number of halogens is 2. The van der Waals surface area contributed by atoms with Gasteiger partial charge in [0.2, 0.25) is 0 Å². The second-order valence-corrected chi connectivity index (χ2v) is 5.86. The minimum atomic E-state index is -3.60. The molecule has 2 fully saturated rings. The zero-order valence-electron chi connectivity index (χ0n) is 13.1. The van der Waals surface area contributed by atoms with Crippen molar-refractivity contribution in [2.24, 2.45) is 10.7 Å². The van der Waals surface area contributed by atoms with Gasteiger partial charge >= 0.3 is 11.9 Å². The average Bonchev–Trinajstić information content (AvgIpc) is 3.23. The van der Waals surface area contributed by atoms with Crippen molar-refractivity contribution in [2.75, 3.05) is 0 Å². The van der Waals surface area contributed by atoms with Crippen LogP contribution < -0.4 is 5.73 Å². The third-order valence-electron chi connectivity index (χ3n) is 4.09. The first-order valence-corrected chi connectivity index (χ1v) is 7.61. The van der Waals surface area contributed by atoms with Crippen LogP contribution in [0.4, 0.5) is 8.78 Å². The molecule has 0 aromatic rings. The van der Waals surface area contributed by atoms with Crippen LogP contribution in [0.2, 0.25) is 0 Å². The Morgan fingerprint density at radius 1 is 1.58 bits per heavy atom. The molecule has 10 heteroatoms. The van der Waals surface area contributed by atoms with Crippen LogP contribution in [0.3, 0.4) is 0 Å². The van der Waals surface area contributed by atoms with Gasteiger partial charge in [-0.3, -0.25) is 4.79 Å². The predicted molar refractivity (Wildman–Crippen MR) is 76.7 cm³/mol. The van der Waals surface area contributed by atoms with E-state index in [4.69, 9.17) is 19.9 Å². The Labute approximate surface area is 136 Å². The number of fused-ring (bicyclic) bond motifs is 1. The molecule has 6 atom stereocenters. The van der Waals surface area contributed by atoms with E-state index in [1.165, 1.54) is 19.2 Å². The average molecular weight is 347 g/mol.